The molecule has 0 radical (unpaired) electrons. The van der Waals surface area contributed by atoms with Crippen LogP contribution in [0.5, 0.6) is 0 Å². The van der Waals surface area contributed by atoms with E-state index >= 15 is 0 Å². The summed E-state index contributed by atoms with van der Waals surface area (Å²) in [6.45, 7) is 2.44. The summed E-state index contributed by atoms with van der Waals surface area (Å²) in [5.41, 5.74) is -0.0187. The number of benzene rings is 1. The highest BCUT2D eigenvalue weighted by molar-refractivity contribution is 9.10. The second-order valence-corrected chi connectivity index (χ2v) is 8.68. The van der Waals surface area contributed by atoms with Gasteiger partial charge in [-0.25, -0.2) is 12.8 Å². The van der Waals surface area contributed by atoms with Crippen LogP contribution in [0.25, 0.3) is 0 Å². The highest BCUT2D eigenvalue weighted by atomic mass is 79.9. The zero-order chi connectivity index (χ0) is 16.3. The van der Waals surface area contributed by atoms with Crippen molar-refractivity contribution >= 4 is 31.7 Å². The Labute approximate surface area is 138 Å². The monoisotopic (exact) mass is 391 g/mol. The minimum Gasteiger partial charge on any atom is -0.335 e. The number of amides is 1. The van der Waals surface area contributed by atoms with Gasteiger partial charge < -0.3 is 4.90 Å². The number of hydrogen-bond donors (Lipinski definition) is 0. The number of sulfone groups is 1. The molecule has 7 heteroatoms. The zero-order valence-corrected chi connectivity index (χ0v) is 14.8. The Morgan fingerprint density at radius 3 is 2.77 bits per heavy atom. The van der Waals surface area contributed by atoms with Gasteiger partial charge in [-0.2, -0.15) is 0 Å². The van der Waals surface area contributed by atoms with Gasteiger partial charge in [0.2, 0.25) is 0 Å². The van der Waals surface area contributed by atoms with Crippen molar-refractivity contribution in [3.63, 3.8) is 0 Å². The lowest BCUT2D eigenvalue weighted by Gasteiger charge is -2.28. The van der Waals surface area contributed by atoms with Crippen molar-refractivity contribution in [3.05, 3.63) is 34.1 Å². The third kappa shape index (κ3) is 4.07. The predicted octanol–water partition coefficient (Wildman–Crippen LogP) is 3.02. The van der Waals surface area contributed by atoms with E-state index < -0.39 is 21.6 Å². The molecular weight excluding hydrogens is 373 g/mol. The first kappa shape index (κ1) is 17.4. The van der Waals surface area contributed by atoms with E-state index in [0.717, 1.165) is 12.8 Å². The Balaban J connectivity index is 2.28. The minimum atomic E-state index is -3.10. The van der Waals surface area contributed by atoms with Crippen LogP contribution in [-0.2, 0) is 9.84 Å². The maximum atomic E-state index is 14.0. The SMILES string of the molecule is CCCCN(C(=O)c1cc(Br)ccc1F)C1CCS(=O)(=O)C1. The van der Waals surface area contributed by atoms with Crippen molar-refractivity contribution in [2.75, 3.05) is 18.1 Å². The lowest BCUT2D eigenvalue weighted by atomic mass is 10.1. The molecular formula is C15H19BrFNO3S. The number of carbonyl (C=O) groups is 1. The second-order valence-electron chi connectivity index (χ2n) is 5.53. The molecule has 1 unspecified atom stereocenters. The molecule has 1 aliphatic rings. The van der Waals surface area contributed by atoms with Gasteiger partial charge in [0.1, 0.15) is 5.82 Å². The number of carbonyl (C=O) groups excluding carboxylic acids is 1. The average molecular weight is 392 g/mol. The summed E-state index contributed by atoms with van der Waals surface area (Å²) >= 11 is 3.23. The third-order valence-electron chi connectivity index (χ3n) is 3.82. The lowest BCUT2D eigenvalue weighted by molar-refractivity contribution is 0.0689. The van der Waals surface area contributed by atoms with E-state index in [9.17, 15) is 17.6 Å². The summed E-state index contributed by atoms with van der Waals surface area (Å²) in [6.07, 6.45) is 2.07. The quantitative estimate of drug-likeness (QED) is 0.774. The van der Waals surface area contributed by atoms with Crippen molar-refractivity contribution in [3.8, 4) is 0 Å². The van der Waals surface area contributed by atoms with Crippen LogP contribution >= 0.6 is 15.9 Å². The molecule has 1 aromatic rings. The summed E-state index contributed by atoms with van der Waals surface area (Å²) in [5.74, 6) is -0.961. The Morgan fingerprint density at radius 2 is 2.18 bits per heavy atom. The fourth-order valence-corrected chi connectivity index (χ4v) is 4.71. The van der Waals surface area contributed by atoms with Gasteiger partial charge in [-0.05, 0) is 31.0 Å². The Morgan fingerprint density at radius 1 is 1.45 bits per heavy atom. The van der Waals surface area contributed by atoms with Gasteiger partial charge in [-0.1, -0.05) is 29.3 Å². The van der Waals surface area contributed by atoms with Crippen molar-refractivity contribution in [2.45, 2.75) is 32.2 Å². The zero-order valence-electron chi connectivity index (χ0n) is 12.4. The highest BCUT2D eigenvalue weighted by Gasteiger charge is 2.35. The summed E-state index contributed by atoms with van der Waals surface area (Å²) in [6, 6.07) is 3.85. The molecule has 0 bridgehead atoms. The average Bonchev–Trinajstić information content (AvgIpc) is 2.82. The van der Waals surface area contributed by atoms with Gasteiger partial charge in [0.25, 0.3) is 5.91 Å². The van der Waals surface area contributed by atoms with E-state index in [1.165, 1.54) is 23.1 Å². The summed E-state index contributed by atoms with van der Waals surface area (Å²) < 4.78 is 37.9. The van der Waals surface area contributed by atoms with Crippen LogP contribution in [0.1, 0.15) is 36.5 Å². The third-order valence-corrected chi connectivity index (χ3v) is 6.07. The van der Waals surface area contributed by atoms with Crippen LogP contribution in [0, 0.1) is 5.82 Å². The molecule has 1 amide bonds. The second kappa shape index (κ2) is 7.08. The molecule has 0 aliphatic carbocycles. The topological polar surface area (TPSA) is 54.5 Å². The molecule has 0 saturated carbocycles. The molecule has 4 nitrogen and oxygen atoms in total. The fourth-order valence-electron chi connectivity index (χ4n) is 2.62. The molecule has 0 aromatic heterocycles. The van der Waals surface area contributed by atoms with E-state index in [1.807, 2.05) is 6.92 Å². The first-order valence-corrected chi connectivity index (χ1v) is 9.92. The molecule has 1 heterocycles. The predicted molar refractivity (Wildman–Crippen MR) is 87.1 cm³/mol. The molecule has 0 N–H and O–H groups in total. The van der Waals surface area contributed by atoms with Crippen LogP contribution in [0.15, 0.2) is 22.7 Å². The Kier molecular flexibility index (Phi) is 5.60. The Bertz CT molecular complexity index is 663. The first-order chi connectivity index (χ1) is 10.3. The molecule has 1 aromatic carbocycles. The standard InChI is InChI=1S/C15H19BrFNO3S/c1-2-3-7-18(12-6-8-22(20,21)10-12)15(19)13-9-11(16)4-5-14(13)17/h4-5,9,12H,2-3,6-8,10H2,1H3. The van der Waals surface area contributed by atoms with Crippen molar-refractivity contribution in [2.24, 2.45) is 0 Å². The van der Waals surface area contributed by atoms with Gasteiger partial charge >= 0.3 is 0 Å². The normalized spacial score (nSPS) is 20.0. The number of rotatable bonds is 5. The largest absolute Gasteiger partial charge is 0.335 e. The van der Waals surface area contributed by atoms with Gasteiger partial charge in [0.05, 0.1) is 17.1 Å². The van der Waals surface area contributed by atoms with Crippen LogP contribution in [-0.4, -0.2) is 43.3 Å². The van der Waals surface area contributed by atoms with Crippen LogP contribution in [0.2, 0.25) is 0 Å². The molecule has 2 rings (SSSR count). The van der Waals surface area contributed by atoms with Crippen molar-refractivity contribution < 1.29 is 17.6 Å². The molecule has 1 aliphatic heterocycles. The molecule has 22 heavy (non-hydrogen) atoms. The number of halogens is 2. The summed E-state index contributed by atoms with van der Waals surface area (Å²) in [7, 11) is -3.10. The lowest BCUT2D eigenvalue weighted by Crippen LogP contribution is -2.42. The van der Waals surface area contributed by atoms with Crippen LogP contribution in [0.4, 0.5) is 4.39 Å². The van der Waals surface area contributed by atoms with Gasteiger partial charge in [-0.3, -0.25) is 4.79 Å². The van der Waals surface area contributed by atoms with E-state index in [4.69, 9.17) is 0 Å². The summed E-state index contributed by atoms with van der Waals surface area (Å²) in [5, 5.41) is 0. The fraction of sp³-hybridized carbons (Fsp3) is 0.533. The van der Waals surface area contributed by atoms with Gasteiger partial charge in [0, 0.05) is 17.1 Å². The molecule has 1 atom stereocenters. The highest BCUT2D eigenvalue weighted by Crippen LogP contribution is 2.23. The van der Waals surface area contributed by atoms with E-state index in [2.05, 4.69) is 15.9 Å². The molecule has 122 valence electrons. The minimum absolute atomic E-state index is 0.0187. The van der Waals surface area contributed by atoms with E-state index in [1.54, 1.807) is 0 Å². The Hall–Kier alpha value is -0.950. The number of nitrogens with zero attached hydrogens (tertiary/aromatic N) is 1. The molecule has 1 saturated heterocycles. The van der Waals surface area contributed by atoms with Gasteiger partial charge in [0.15, 0.2) is 9.84 Å². The van der Waals surface area contributed by atoms with Crippen molar-refractivity contribution in [1.82, 2.24) is 4.90 Å². The van der Waals surface area contributed by atoms with E-state index in [-0.39, 0.29) is 23.1 Å². The first-order valence-electron chi connectivity index (χ1n) is 7.30. The van der Waals surface area contributed by atoms with Gasteiger partial charge in [-0.15, -0.1) is 0 Å². The maximum absolute atomic E-state index is 14.0. The van der Waals surface area contributed by atoms with Crippen LogP contribution < -0.4 is 0 Å². The number of hydrogen-bond acceptors (Lipinski definition) is 3. The van der Waals surface area contributed by atoms with Crippen molar-refractivity contribution in [1.29, 1.82) is 0 Å². The summed E-state index contributed by atoms with van der Waals surface area (Å²) in [4.78, 5) is 14.2. The van der Waals surface area contributed by atoms with E-state index in [0.29, 0.717) is 17.4 Å². The smallest absolute Gasteiger partial charge is 0.257 e. The maximum Gasteiger partial charge on any atom is 0.257 e. The van der Waals surface area contributed by atoms with Crippen LogP contribution in [0.3, 0.4) is 0 Å². The molecule has 1 fully saturated rings. The molecule has 0 spiro atoms. The number of unbranched alkanes of at least 4 members (excludes halogenated alkanes) is 1.